The summed E-state index contributed by atoms with van der Waals surface area (Å²) in [4.78, 5) is 0. The molecule has 0 aliphatic heterocycles. The molecule has 0 saturated heterocycles. The van der Waals surface area contributed by atoms with E-state index in [4.69, 9.17) is 0 Å². The molecule has 0 spiro atoms. The van der Waals surface area contributed by atoms with E-state index in [1.54, 1.807) is 0 Å². The molecule has 0 atom stereocenters. The van der Waals surface area contributed by atoms with Crippen LogP contribution in [0.1, 0.15) is 18.4 Å². The van der Waals surface area contributed by atoms with Crippen molar-refractivity contribution in [1.29, 1.82) is 0 Å². The first kappa shape index (κ1) is 11.6. The van der Waals surface area contributed by atoms with Gasteiger partial charge in [-0.3, -0.25) is 0 Å². The fraction of sp³-hybridized carbons (Fsp3) is 0.267. The lowest BCUT2D eigenvalue weighted by atomic mass is 9.98. The fourth-order valence-electron chi connectivity index (χ4n) is 1.87. The average molecular weight is 226 g/mol. The summed E-state index contributed by atoms with van der Waals surface area (Å²) in [6.07, 6.45) is 8.60. The summed E-state index contributed by atoms with van der Waals surface area (Å²) in [6.45, 7) is 0. The van der Waals surface area contributed by atoms with Gasteiger partial charge in [-0.2, -0.15) is 5.10 Å². The maximum atomic E-state index is 4.41. The van der Waals surface area contributed by atoms with Gasteiger partial charge in [0.25, 0.3) is 0 Å². The van der Waals surface area contributed by atoms with Crippen molar-refractivity contribution in [3.05, 3.63) is 53.6 Å². The predicted octanol–water partition coefficient (Wildman–Crippen LogP) is 3.34. The highest BCUT2D eigenvalue weighted by atomic mass is 15.4. The van der Waals surface area contributed by atoms with Crippen molar-refractivity contribution in [2.24, 2.45) is 5.10 Å². The number of nitrogens with zero attached hydrogens (tertiary/aromatic N) is 2. The molecule has 2 nitrogen and oxygen atoms in total. The molecule has 0 saturated carbocycles. The van der Waals surface area contributed by atoms with Gasteiger partial charge < -0.3 is 5.01 Å². The third-order valence-corrected chi connectivity index (χ3v) is 2.64. The minimum Gasteiger partial charge on any atom is -0.303 e. The Morgan fingerprint density at radius 1 is 1.06 bits per heavy atom. The second-order valence-corrected chi connectivity index (χ2v) is 4.40. The third kappa shape index (κ3) is 3.59. The number of rotatable bonds is 2. The number of hydrogen-bond acceptors (Lipinski definition) is 2. The summed E-state index contributed by atoms with van der Waals surface area (Å²) in [5.41, 5.74) is 3.79. The van der Waals surface area contributed by atoms with E-state index in [2.05, 4.69) is 47.6 Å². The molecule has 0 heterocycles. The first-order valence-corrected chi connectivity index (χ1v) is 5.92. The van der Waals surface area contributed by atoms with Gasteiger partial charge in [0.05, 0.1) is 5.71 Å². The van der Waals surface area contributed by atoms with Gasteiger partial charge in [0.15, 0.2) is 0 Å². The summed E-state index contributed by atoms with van der Waals surface area (Å²) in [5, 5.41) is 6.27. The smallest absolute Gasteiger partial charge is 0.0608 e. The van der Waals surface area contributed by atoms with Crippen LogP contribution in [0, 0.1) is 0 Å². The van der Waals surface area contributed by atoms with Gasteiger partial charge >= 0.3 is 0 Å². The Morgan fingerprint density at radius 3 is 2.41 bits per heavy atom. The summed E-state index contributed by atoms with van der Waals surface area (Å²) in [5.74, 6) is 0. The van der Waals surface area contributed by atoms with Gasteiger partial charge in [-0.05, 0) is 30.1 Å². The number of allylic oxidation sites excluding steroid dienone is 3. The fourth-order valence-corrected chi connectivity index (χ4v) is 1.87. The molecule has 1 aromatic carbocycles. The second kappa shape index (κ2) is 5.48. The molecule has 0 N–H and O–H groups in total. The first-order valence-electron chi connectivity index (χ1n) is 5.92. The minimum absolute atomic E-state index is 1.02. The number of hydrazone groups is 1. The molecule has 1 aromatic rings. The van der Waals surface area contributed by atoms with Crippen LogP contribution in [0.4, 0.5) is 0 Å². The molecule has 1 aliphatic rings. The Morgan fingerprint density at radius 2 is 1.82 bits per heavy atom. The van der Waals surface area contributed by atoms with Gasteiger partial charge in [-0.1, -0.05) is 42.5 Å². The van der Waals surface area contributed by atoms with Crippen molar-refractivity contribution in [2.75, 3.05) is 14.1 Å². The zero-order valence-corrected chi connectivity index (χ0v) is 10.4. The molecule has 2 heteroatoms. The van der Waals surface area contributed by atoms with Crippen LogP contribution >= 0.6 is 0 Å². The Kier molecular flexibility index (Phi) is 3.76. The summed E-state index contributed by atoms with van der Waals surface area (Å²) >= 11 is 0. The van der Waals surface area contributed by atoms with Crippen LogP contribution in [0.5, 0.6) is 0 Å². The molecule has 0 amide bonds. The topological polar surface area (TPSA) is 15.6 Å². The third-order valence-electron chi connectivity index (χ3n) is 2.64. The lowest BCUT2D eigenvalue weighted by Crippen LogP contribution is -2.09. The molecule has 0 unspecified atom stereocenters. The van der Waals surface area contributed by atoms with E-state index in [9.17, 15) is 0 Å². The van der Waals surface area contributed by atoms with E-state index in [1.165, 1.54) is 11.1 Å². The quantitative estimate of drug-likeness (QED) is 0.706. The molecule has 0 radical (unpaired) electrons. The van der Waals surface area contributed by atoms with Crippen LogP contribution in [-0.2, 0) is 0 Å². The van der Waals surface area contributed by atoms with Crippen LogP contribution < -0.4 is 0 Å². The van der Waals surface area contributed by atoms with Crippen molar-refractivity contribution in [1.82, 2.24) is 5.01 Å². The van der Waals surface area contributed by atoms with Gasteiger partial charge in [0.2, 0.25) is 0 Å². The first-order chi connectivity index (χ1) is 8.24. The maximum absolute atomic E-state index is 4.41. The van der Waals surface area contributed by atoms with Crippen LogP contribution in [0.3, 0.4) is 0 Å². The summed E-state index contributed by atoms with van der Waals surface area (Å²) < 4.78 is 0. The largest absolute Gasteiger partial charge is 0.303 e. The molecular weight excluding hydrogens is 208 g/mol. The van der Waals surface area contributed by atoms with Crippen LogP contribution in [0.2, 0.25) is 0 Å². The van der Waals surface area contributed by atoms with Gasteiger partial charge in [-0.15, -0.1) is 0 Å². The molecule has 0 bridgehead atoms. The van der Waals surface area contributed by atoms with Gasteiger partial charge in [-0.25, -0.2) is 0 Å². The predicted molar refractivity (Wildman–Crippen MR) is 73.9 cm³/mol. The lowest BCUT2D eigenvalue weighted by Gasteiger charge is -2.12. The van der Waals surface area contributed by atoms with E-state index in [1.807, 2.05) is 25.2 Å². The zero-order chi connectivity index (χ0) is 12.1. The highest BCUT2D eigenvalue weighted by Crippen LogP contribution is 2.18. The molecular formula is C15H18N2. The van der Waals surface area contributed by atoms with E-state index < -0.39 is 0 Å². The molecule has 2 rings (SSSR count). The molecule has 17 heavy (non-hydrogen) atoms. The molecule has 0 fully saturated rings. The standard InChI is InChI=1S/C15H18N2/c1-17(2)16-15-10-8-14(9-11-15)12-13-6-4-3-5-7-13/h3-8,10,12H,9,11H2,1-2H3. The highest BCUT2D eigenvalue weighted by Gasteiger charge is 2.05. The average Bonchev–Trinajstić information content (AvgIpc) is 2.32. The minimum atomic E-state index is 1.02. The van der Waals surface area contributed by atoms with E-state index >= 15 is 0 Å². The summed E-state index contributed by atoms with van der Waals surface area (Å²) in [7, 11) is 3.91. The molecule has 88 valence electrons. The Bertz CT molecular complexity index is 453. The Labute approximate surface area is 103 Å². The highest BCUT2D eigenvalue weighted by molar-refractivity contribution is 5.96. The van der Waals surface area contributed by atoms with Gasteiger partial charge in [0.1, 0.15) is 0 Å². The Hall–Kier alpha value is -1.83. The van der Waals surface area contributed by atoms with Crippen molar-refractivity contribution in [3.63, 3.8) is 0 Å². The van der Waals surface area contributed by atoms with Crippen LogP contribution in [0.25, 0.3) is 6.08 Å². The summed E-state index contributed by atoms with van der Waals surface area (Å²) in [6, 6.07) is 10.4. The maximum Gasteiger partial charge on any atom is 0.0608 e. The molecule has 0 aromatic heterocycles. The van der Waals surface area contributed by atoms with E-state index in [0.717, 1.165) is 18.6 Å². The Balaban J connectivity index is 2.10. The lowest BCUT2D eigenvalue weighted by molar-refractivity contribution is 0.436. The second-order valence-electron chi connectivity index (χ2n) is 4.40. The number of benzene rings is 1. The van der Waals surface area contributed by atoms with E-state index in [0.29, 0.717) is 0 Å². The van der Waals surface area contributed by atoms with Crippen molar-refractivity contribution in [2.45, 2.75) is 12.8 Å². The van der Waals surface area contributed by atoms with Crippen molar-refractivity contribution < 1.29 is 0 Å². The van der Waals surface area contributed by atoms with Gasteiger partial charge in [0, 0.05) is 14.1 Å². The van der Waals surface area contributed by atoms with Crippen LogP contribution in [0.15, 0.2) is 53.2 Å². The number of hydrogen-bond donors (Lipinski definition) is 0. The van der Waals surface area contributed by atoms with Crippen molar-refractivity contribution >= 4 is 11.8 Å². The normalized spacial score (nSPS) is 19.9. The van der Waals surface area contributed by atoms with E-state index in [-0.39, 0.29) is 0 Å². The monoisotopic (exact) mass is 226 g/mol. The molecule has 1 aliphatic carbocycles. The zero-order valence-electron chi connectivity index (χ0n) is 10.4. The van der Waals surface area contributed by atoms with Crippen LogP contribution in [-0.4, -0.2) is 24.8 Å². The van der Waals surface area contributed by atoms with Crippen molar-refractivity contribution in [3.8, 4) is 0 Å². The SMILES string of the molecule is CN(C)N=C1C=CC(=Cc2ccccc2)CC1.